The van der Waals surface area contributed by atoms with Gasteiger partial charge >= 0.3 is 0 Å². The zero-order valence-electron chi connectivity index (χ0n) is 7.33. The Bertz CT molecular complexity index is 417. The van der Waals surface area contributed by atoms with Gasteiger partial charge in [0.05, 0.1) is 18.3 Å². The van der Waals surface area contributed by atoms with Crippen molar-refractivity contribution in [2.75, 3.05) is 6.54 Å². The van der Waals surface area contributed by atoms with Gasteiger partial charge in [0.25, 0.3) is 0 Å². The van der Waals surface area contributed by atoms with Crippen LogP contribution in [0, 0.1) is 12.4 Å². The molecular weight excluding hydrogens is 199 g/mol. The number of hydrogen-bond acceptors (Lipinski definition) is 2. The van der Waals surface area contributed by atoms with Crippen LogP contribution < -0.4 is 0 Å². The number of thiocarbonyl (C=S) groups is 1. The molecule has 2 nitrogen and oxygen atoms in total. The van der Waals surface area contributed by atoms with Gasteiger partial charge in [-0.2, -0.15) is 0 Å². The molecule has 1 aromatic carbocycles. The molecule has 0 aliphatic carbocycles. The first-order valence-electron chi connectivity index (χ1n) is 3.97. The maximum Gasteiger partial charge on any atom is 0.190 e. The van der Waals surface area contributed by atoms with E-state index in [1.165, 1.54) is 6.07 Å². The standard InChI is InChI=1S/C10H7FN2S/c1-12-9-3-2-8(10(11)6-9)4-5-13-7-14/h2-3,6H,4-5H2. The van der Waals surface area contributed by atoms with Gasteiger partial charge in [-0.15, -0.1) is 0 Å². The molecule has 0 N–H and O–H groups in total. The van der Waals surface area contributed by atoms with E-state index in [2.05, 4.69) is 27.2 Å². The van der Waals surface area contributed by atoms with E-state index in [-0.39, 0.29) is 5.82 Å². The highest BCUT2D eigenvalue weighted by molar-refractivity contribution is 7.78. The van der Waals surface area contributed by atoms with E-state index in [9.17, 15) is 4.39 Å². The summed E-state index contributed by atoms with van der Waals surface area (Å²) in [6.45, 7) is 7.12. The molecule has 0 spiro atoms. The van der Waals surface area contributed by atoms with Crippen LogP contribution in [0.3, 0.4) is 0 Å². The molecule has 70 valence electrons. The third-order valence-corrected chi connectivity index (χ3v) is 1.85. The summed E-state index contributed by atoms with van der Waals surface area (Å²) in [7, 11) is 0. The Morgan fingerprint density at radius 2 is 2.36 bits per heavy atom. The minimum Gasteiger partial charge on any atom is -0.238 e. The zero-order chi connectivity index (χ0) is 10.4. The van der Waals surface area contributed by atoms with Gasteiger partial charge in [0.2, 0.25) is 0 Å². The fourth-order valence-corrected chi connectivity index (χ4v) is 1.12. The number of aliphatic imine (C=N–C) groups is 1. The van der Waals surface area contributed by atoms with Crippen molar-refractivity contribution in [3.63, 3.8) is 0 Å². The molecule has 0 saturated heterocycles. The minimum atomic E-state index is -0.363. The fourth-order valence-electron chi connectivity index (χ4n) is 1.03. The van der Waals surface area contributed by atoms with Crippen LogP contribution in [0.15, 0.2) is 23.2 Å². The van der Waals surface area contributed by atoms with Crippen LogP contribution in [0.25, 0.3) is 4.85 Å². The van der Waals surface area contributed by atoms with E-state index in [4.69, 9.17) is 6.57 Å². The SMILES string of the molecule is [C-]#[N+]c1ccc(CCN=C=S)c(F)c1. The van der Waals surface area contributed by atoms with Crippen LogP contribution in [0.5, 0.6) is 0 Å². The van der Waals surface area contributed by atoms with Crippen molar-refractivity contribution >= 4 is 23.1 Å². The summed E-state index contributed by atoms with van der Waals surface area (Å²) in [4.78, 5) is 6.81. The average Bonchev–Trinajstić information content (AvgIpc) is 2.20. The Morgan fingerprint density at radius 1 is 1.57 bits per heavy atom. The molecule has 0 radical (unpaired) electrons. The number of hydrogen-bond donors (Lipinski definition) is 0. The number of rotatable bonds is 3. The second-order valence-electron chi connectivity index (χ2n) is 2.61. The Morgan fingerprint density at radius 3 is 2.93 bits per heavy atom. The van der Waals surface area contributed by atoms with Crippen LogP contribution in [0.4, 0.5) is 10.1 Å². The molecule has 4 heteroatoms. The second kappa shape index (κ2) is 5.23. The Balaban J connectivity index is 2.79. The highest BCUT2D eigenvalue weighted by Gasteiger charge is 2.02. The first-order valence-corrected chi connectivity index (χ1v) is 4.38. The van der Waals surface area contributed by atoms with Gasteiger partial charge in [0.1, 0.15) is 5.82 Å². The molecule has 1 aromatic rings. The predicted octanol–water partition coefficient (Wildman–Crippen LogP) is 3.02. The zero-order valence-corrected chi connectivity index (χ0v) is 8.14. The van der Waals surface area contributed by atoms with Crippen LogP contribution in [-0.2, 0) is 6.42 Å². The molecule has 0 bridgehead atoms. The summed E-state index contributed by atoms with van der Waals surface area (Å²) in [5, 5.41) is 2.22. The summed E-state index contributed by atoms with van der Waals surface area (Å²) in [5.41, 5.74) is 0.857. The molecule has 0 saturated carbocycles. The highest BCUT2D eigenvalue weighted by atomic mass is 32.1. The van der Waals surface area contributed by atoms with Gasteiger partial charge in [-0.25, -0.2) is 14.2 Å². The first-order chi connectivity index (χ1) is 6.77. The molecule has 0 atom stereocenters. The van der Waals surface area contributed by atoms with Gasteiger partial charge < -0.3 is 0 Å². The molecule has 0 aliphatic rings. The van der Waals surface area contributed by atoms with Crippen molar-refractivity contribution < 1.29 is 4.39 Å². The quantitative estimate of drug-likeness (QED) is 0.422. The van der Waals surface area contributed by atoms with Crippen molar-refractivity contribution in [2.45, 2.75) is 6.42 Å². The van der Waals surface area contributed by atoms with Gasteiger partial charge in [0.15, 0.2) is 5.69 Å². The van der Waals surface area contributed by atoms with Crippen LogP contribution in [0.1, 0.15) is 5.56 Å². The normalized spacial score (nSPS) is 8.86. The molecule has 0 aliphatic heterocycles. The van der Waals surface area contributed by atoms with Gasteiger partial charge in [-0.1, -0.05) is 12.1 Å². The van der Waals surface area contributed by atoms with E-state index >= 15 is 0 Å². The van der Waals surface area contributed by atoms with Crippen molar-refractivity contribution in [2.24, 2.45) is 4.99 Å². The Kier molecular flexibility index (Phi) is 3.93. The lowest BCUT2D eigenvalue weighted by atomic mass is 10.1. The lowest BCUT2D eigenvalue weighted by Crippen LogP contribution is -1.92. The summed E-state index contributed by atoms with van der Waals surface area (Å²) < 4.78 is 13.2. The van der Waals surface area contributed by atoms with Crippen molar-refractivity contribution in [3.8, 4) is 0 Å². The predicted molar refractivity (Wildman–Crippen MR) is 56.3 cm³/mol. The third kappa shape index (κ3) is 2.74. The molecule has 14 heavy (non-hydrogen) atoms. The van der Waals surface area contributed by atoms with Crippen LogP contribution >= 0.6 is 12.2 Å². The van der Waals surface area contributed by atoms with Crippen molar-refractivity contribution in [3.05, 3.63) is 41.0 Å². The van der Waals surface area contributed by atoms with E-state index in [1.807, 2.05) is 0 Å². The summed E-state index contributed by atoms with van der Waals surface area (Å²) in [6, 6.07) is 4.41. The Labute approximate surface area is 86.9 Å². The Hall–Kier alpha value is -1.56. The monoisotopic (exact) mass is 206 g/mol. The van der Waals surface area contributed by atoms with Crippen LogP contribution in [-0.4, -0.2) is 11.7 Å². The molecule has 0 fully saturated rings. The maximum atomic E-state index is 13.2. The van der Waals surface area contributed by atoms with Crippen LogP contribution in [0.2, 0.25) is 0 Å². The smallest absolute Gasteiger partial charge is 0.190 e. The number of isothiocyanates is 1. The fraction of sp³-hybridized carbons (Fsp3) is 0.200. The molecule has 0 unspecified atom stereocenters. The average molecular weight is 206 g/mol. The largest absolute Gasteiger partial charge is 0.238 e. The van der Waals surface area contributed by atoms with Gasteiger partial charge in [-0.05, 0) is 30.3 Å². The van der Waals surface area contributed by atoms with Crippen molar-refractivity contribution in [1.82, 2.24) is 0 Å². The molecular formula is C10H7FN2S. The van der Waals surface area contributed by atoms with Crippen molar-refractivity contribution in [1.29, 1.82) is 0 Å². The van der Waals surface area contributed by atoms with E-state index < -0.39 is 0 Å². The summed E-state index contributed by atoms with van der Waals surface area (Å²) in [6.07, 6.45) is 0.480. The van der Waals surface area contributed by atoms with E-state index in [1.54, 1.807) is 12.1 Å². The highest BCUT2D eigenvalue weighted by Crippen LogP contribution is 2.17. The summed E-state index contributed by atoms with van der Waals surface area (Å²) in [5.74, 6) is -0.363. The lowest BCUT2D eigenvalue weighted by Gasteiger charge is -2.00. The minimum absolute atomic E-state index is 0.310. The number of nitrogens with zero attached hydrogens (tertiary/aromatic N) is 2. The second-order valence-corrected chi connectivity index (χ2v) is 2.79. The molecule has 0 amide bonds. The van der Waals surface area contributed by atoms with Gasteiger partial charge in [0, 0.05) is 0 Å². The van der Waals surface area contributed by atoms with Gasteiger partial charge in [-0.3, -0.25) is 0 Å². The molecule has 0 aromatic heterocycles. The molecule has 1 rings (SSSR count). The van der Waals surface area contributed by atoms with E-state index in [0.29, 0.717) is 24.2 Å². The topological polar surface area (TPSA) is 16.7 Å². The number of benzene rings is 1. The molecule has 0 heterocycles. The lowest BCUT2D eigenvalue weighted by molar-refractivity contribution is 0.610. The van der Waals surface area contributed by atoms with E-state index in [0.717, 1.165) is 0 Å². The summed E-state index contributed by atoms with van der Waals surface area (Å²) >= 11 is 4.39. The first kappa shape index (κ1) is 10.5. The third-order valence-electron chi connectivity index (χ3n) is 1.72. The number of halogens is 1. The maximum absolute atomic E-state index is 13.2.